The third kappa shape index (κ3) is 5.31. The number of anilines is 2. The van der Waals surface area contributed by atoms with E-state index in [-0.39, 0.29) is 28.8 Å². The predicted molar refractivity (Wildman–Crippen MR) is 131 cm³/mol. The summed E-state index contributed by atoms with van der Waals surface area (Å²) >= 11 is 1.22. The molecule has 168 valence electrons. The second-order valence-corrected chi connectivity index (χ2v) is 8.81. The normalized spacial score (nSPS) is 11.8. The molecule has 2 aromatic carbocycles. The van der Waals surface area contributed by atoms with Gasteiger partial charge in [-0.3, -0.25) is 19.1 Å². The minimum absolute atomic E-state index is 0.132. The van der Waals surface area contributed by atoms with Crippen molar-refractivity contribution in [2.75, 3.05) is 16.4 Å². The maximum absolute atomic E-state index is 12.9. The molecule has 32 heavy (non-hydrogen) atoms. The molecule has 1 aromatic heterocycles. The number of hydrogen-bond acceptors (Lipinski definition) is 4. The third-order valence-electron chi connectivity index (χ3n) is 5.26. The molecule has 1 heterocycles. The zero-order chi connectivity index (χ0) is 23.3. The van der Waals surface area contributed by atoms with Gasteiger partial charge in [0.05, 0.1) is 22.4 Å². The number of nitrogens with zero attached hydrogens (tertiary/aromatic N) is 2. The number of carbonyl (C=O) groups excluding carboxylic acids is 2. The Hall–Kier alpha value is -3.26. The van der Waals surface area contributed by atoms with Gasteiger partial charge in [-0.1, -0.05) is 37.3 Å². The number of para-hydroxylation sites is 1. The third-order valence-corrected chi connectivity index (χ3v) is 6.40. The molecule has 0 spiro atoms. The van der Waals surface area contributed by atoms with Crippen molar-refractivity contribution in [3.8, 4) is 5.69 Å². The van der Waals surface area contributed by atoms with E-state index in [9.17, 15) is 14.4 Å². The first kappa shape index (κ1) is 23.4. The Balaban J connectivity index is 1.62. The van der Waals surface area contributed by atoms with Crippen molar-refractivity contribution >= 4 is 35.0 Å². The van der Waals surface area contributed by atoms with Crippen LogP contribution in [0.2, 0.25) is 0 Å². The van der Waals surface area contributed by atoms with Gasteiger partial charge in [-0.05, 0) is 50.1 Å². The Morgan fingerprint density at radius 2 is 1.78 bits per heavy atom. The van der Waals surface area contributed by atoms with Crippen LogP contribution in [0.4, 0.5) is 11.4 Å². The summed E-state index contributed by atoms with van der Waals surface area (Å²) in [6.07, 6.45) is 0.889. The van der Waals surface area contributed by atoms with E-state index < -0.39 is 5.25 Å². The summed E-state index contributed by atoms with van der Waals surface area (Å²) in [6.45, 7) is 5.56. The van der Waals surface area contributed by atoms with Crippen molar-refractivity contribution in [1.29, 1.82) is 0 Å². The van der Waals surface area contributed by atoms with Crippen LogP contribution in [-0.4, -0.2) is 32.2 Å². The zero-order valence-corrected chi connectivity index (χ0v) is 19.5. The van der Waals surface area contributed by atoms with Gasteiger partial charge in [-0.25, -0.2) is 4.68 Å². The number of rotatable bonds is 8. The van der Waals surface area contributed by atoms with Gasteiger partial charge in [0.25, 0.3) is 5.56 Å². The van der Waals surface area contributed by atoms with Gasteiger partial charge in [-0.2, -0.15) is 0 Å². The van der Waals surface area contributed by atoms with E-state index >= 15 is 0 Å². The molecule has 1 atom stereocenters. The van der Waals surface area contributed by atoms with Crippen molar-refractivity contribution < 1.29 is 9.59 Å². The maximum atomic E-state index is 12.9. The summed E-state index contributed by atoms with van der Waals surface area (Å²) in [4.78, 5) is 37.9. The highest BCUT2D eigenvalue weighted by atomic mass is 32.2. The van der Waals surface area contributed by atoms with Crippen LogP contribution in [0.15, 0.2) is 59.4 Å². The first-order valence-corrected chi connectivity index (χ1v) is 11.5. The Kier molecular flexibility index (Phi) is 7.58. The summed E-state index contributed by atoms with van der Waals surface area (Å²) < 4.78 is 3.23. The van der Waals surface area contributed by atoms with Gasteiger partial charge >= 0.3 is 0 Å². The predicted octanol–water partition coefficient (Wildman–Crippen LogP) is 3.75. The second kappa shape index (κ2) is 10.4. The van der Waals surface area contributed by atoms with Crippen molar-refractivity contribution in [2.24, 2.45) is 7.05 Å². The maximum Gasteiger partial charge on any atom is 0.295 e. The SMILES string of the molecule is CCc1cccc(NC(=O)CSC(C)C(=O)Nc2c(C)n(C)n(-c3ccccc3)c2=O)c1. The number of aromatic nitrogens is 2. The number of nitrogens with one attached hydrogen (secondary N) is 2. The number of thioether (sulfide) groups is 1. The monoisotopic (exact) mass is 452 g/mol. The van der Waals surface area contributed by atoms with Crippen LogP contribution in [-0.2, 0) is 23.1 Å². The lowest BCUT2D eigenvalue weighted by Gasteiger charge is -2.12. The molecular weight excluding hydrogens is 424 g/mol. The molecular formula is C24H28N4O3S. The molecule has 0 saturated carbocycles. The number of benzene rings is 2. The molecule has 0 aliphatic rings. The fraction of sp³-hybridized carbons (Fsp3) is 0.292. The molecule has 0 aliphatic heterocycles. The molecule has 0 aliphatic carbocycles. The Morgan fingerprint density at radius 3 is 2.47 bits per heavy atom. The van der Waals surface area contributed by atoms with Crippen molar-refractivity contribution in [2.45, 2.75) is 32.4 Å². The van der Waals surface area contributed by atoms with Gasteiger partial charge in [0.15, 0.2) is 0 Å². The van der Waals surface area contributed by atoms with E-state index in [1.165, 1.54) is 16.4 Å². The largest absolute Gasteiger partial charge is 0.325 e. The molecule has 1 unspecified atom stereocenters. The molecule has 3 aromatic rings. The highest BCUT2D eigenvalue weighted by Gasteiger charge is 2.21. The van der Waals surface area contributed by atoms with Crippen LogP contribution >= 0.6 is 11.8 Å². The molecule has 8 heteroatoms. The van der Waals surface area contributed by atoms with Crippen LogP contribution < -0.4 is 16.2 Å². The van der Waals surface area contributed by atoms with Crippen molar-refractivity contribution in [1.82, 2.24) is 9.36 Å². The van der Waals surface area contributed by atoms with Crippen LogP contribution in [0.5, 0.6) is 0 Å². The van der Waals surface area contributed by atoms with Crippen LogP contribution in [0.1, 0.15) is 25.1 Å². The van der Waals surface area contributed by atoms with Gasteiger partial charge < -0.3 is 10.6 Å². The van der Waals surface area contributed by atoms with Crippen LogP contribution in [0.25, 0.3) is 5.69 Å². The van der Waals surface area contributed by atoms with Crippen LogP contribution in [0.3, 0.4) is 0 Å². The smallest absolute Gasteiger partial charge is 0.295 e. The van der Waals surface area contributed by atoms with E-state index in [0.717, 1.165) is 23.4 Å². The molecule has 3 rings (SSSR count). The van der Waals surface area contributed by atoms with Gasteiger partial charge in [-0.15, -0.1) is 11.8 Å². The number of aryl methyl sites for hydroxylation is 1. The van der Waals surface area contributed by atoms with E-state index in [1.807, 2.05) is 54.6 Å². The summed E-state index contributed by atoms with van der Waals surface area (Å²) in [6, 6.07) is 16.9. The molecule has 0 fully saturated rings. The molecule has 0 radical (unpaired) electrons. The van der Waals surface area contributed by atoms with Crippen LogP contribution in [0, 0.1) is 6.92 Å². The molecule has 2 amide bonds. The highest BCUT2D eigenvalue weighted by molar-refractivity contribution is 8.01. The summed E-state index contributed by atoms with van der Waals surface area (Å²) in [5.41, 5.74) is 3.20. The van der Waals surface area contributed by atoms with E-state index in [2.05, 4.69) is 17.6 Å². The van der Waals surface area contributed by atoms with Gasteiger partial charge in [0, 0.05) is 12.7 Å². The Morgan fingerprint density at radius 1 is 1.06 bits per heavy atom. The Bertz CT molecular complexity index is 1170. The lowest BCUT2D eigenvalue weighted by Crippen LogP contribution is -2.28. The number of hydrogen-bond donors (Lipinski definition) is 2. The van der Waals surface area contributed by atoms with E-state index in [4.69, 9.17) is 0 Å². The van der Waals surface area contributed by atoms with Gasteiger partial charge in [0.1, 0.15) is 5.69 Å². The Labute approximate surface area is 191 Å². The van der Waals surface area contributed by atoms with Gasteiger partial charge in [0.2, 0.25) is 11.8 Å². The van der Waals surface area contributed by atoms with E-state index in [0.29, 0.717) is 5.69 Å². The topological polar surface area (TPSA) is 85.1 Å². The van der Waals surface area contributed by atoms with Crippen molar-refractivity contribution in [3.63, 3.8) is 0 Å². The number of carbonyl (C=O) groups is 2. The lowest BCUT2D eigenvalue weighted by atomic mass is 10.1. The average molecular weight is 453 g/mol. The first-order valence-electron chi connectivity index (χ1n) is 10.5. The fourth-order valence-corrected chi connectivity index (χ4v) is 3.96. The summed E-state index contributed by atoms with van der Waals surface area (Å²) in [5, 5.41) is 5.10. The second-order valence-electron chi connectivity index (χ2n) is 7.48. The summed E-state index contributed by atoms with van der Waals surface area (Å²) in [7, 11) is 1.77. The average Bonchev–Trinajstić information content (AvgIpc) is 3.01. The highest BCUT2D eigenvalue weighted by Crippen LogP contribution is 2.18. The first-order chi connectivity index (χ1) is 15.3. The zero-order valence-electron chi connectivity index (χ0n) is 18.7. The quantitative estimate of drug-likeness (QED) is 0.545. The van der Waals surface area contributed by atoms with E-state index in [1.54, 1.807) is 25.6 Å². The van der Waals surface area contributed by atoms with Crippen molar-refractivity contribution in [3.05, 3.63) is 76.2 Å². The lowest BCUT2D eigenvalue weighted by molar-refractivity contribution is -0.115. The standard InChI is InChI=1S/C24H28N4O3S/c1-5-18-10-9-11-19(14-18)25-21(29)15-32-17(3)23(30)26-22-16(2)27(4)28(24(22)31)20-12-7-6-8-13-20/h6-14,17H,5,15H2,1-4H3,(H,25,29)(H,26,30). The molecule has 0 bridgehead atoms. The molecule has 2 N–H and O–H groups in total. The minimum atomic E-state index is -0.507. The summed E-state index contributed by atoms with van der Waals surface area (Å²) in [5.74, 6) is -0.362. The fourth-order valence-electron chi connectivity index (χ4n) is 3.28. The number of amides is 2. The molecule has 7 nitrogen and oxygen atoms in total. The molecule has 0 saturated heterocycles. The minimum Gasteiger partial charge on any atom is -0.325 e.